The standard InChI is InChI=1S/C20H26O7P2.2Na.2H/c1-3-26-29(25,27-4-2)19(28(22,23)24)15-18(16-11-7-5-8-12-16)20(21)17-13-9-6-10-14-17;;;;/h5-14,18-19H,3-4,15H2,1-2H3,(H2,22,23,24);;;;/q;2*+1;2*-1. The van der Waals surface area contributed by atoms with Crippen LogP contribution in [-0.4, -0.2) is 34.2 Å². The van der Waals surface area contributed by atoms with Crippen LogP contribution in [0, 0.1) is 0 Å². The van der Waals surface area contributed by atoms with Crippen molar-refractivity contribution in [1.29, 1.82) is 0 Å². The molecule has 2 N–H and O–H groups in total. The van der Waals surface area contributed by atoms with Crippen LogP contribution in [0.3, 0.4) is 0 Å². The molecule has 0 aliphatic rings. The zero-order valence-electron chi connectivity index (χ0n) is 20.4. The van der Waals surface area contributed by atoms with E-state index in [0.29, 0.717) is 11.1 Å². The first kappa shape index (κ1) is 31.4. The summed E-state index contributed by atoms with van der Waals surface area (Å²) in [6.07, 6.45) is -0.376. The second-order valence-corrected chi connectivity index (χ2v) is 10.8. The van der Waals surface area contributed by atoms with Gasteiger partial charge in [0.25, 0.3) is 0 Å². The summed E-state index contributed by atoms with van der Waals surface area (Å²) in [5, 5.41) is -1.76. The molecule has 0 fully saturated rings. The van der Waals surface area contributed by atoms with Gasteiger partial charge in [0.2, 0.25) is 0 Å². The van der Waals surface area contributed by atoms with E-state index in [1.807, 2.05) is 0 Å². The van der Waals surface area contributed by atoms with Crippen molar-refractivity contribution < 1.29 is 94.7 Å². The van der Waals surface area contributed by atoms with Crippen molar-refractivity contribution in [2.45, 2.75) is 31.6 Å². The van der Waals surface area contributed by atoms with Gasteiger partial charge in [-0.25, -0.2) is 0 Å². The van der Waals surface area contributed by atoms with Crippen molar-refractivity contribution in [2.24, 2.45) is 0 Å². The van der Waals surface area contributed by atoms with Crippen molar-refractivity contribution >= 4 is 21.0 Å². The van der Waals surface area contributed by atoms with Crippen LogP contribution < -0.4 is 59.1 Å². The van der Waals surface area contributed by atoms with Crippen LogP contribution >= 0.6 is 15.2 Å². The minimum Gasteiger partial charge on any atom is -1.00 e. The van der Waals surface area contributed by atoms with Crippen LogP contribution in [0.5, 0.6) is 0 Å². The third kappa shape index (κ3) is 8.94. The molecule has 11 heteroatoms. The molecule has 0 saturated heterocycles. The first-order chi connectivity index (χ1) is 13.7. The average molecular weight is 488 g/mol. The van der Waals surface area contributed by atoms with Gasteiger partial charge in [-0.3, -0.25) is 13.9 Å². The van der Waals surface area contributed by atoms with E-state index in [-0.39, 0.29) is 87.4 Å². The van der Waals surface area contributed by atoms with E-state index in [1.165, 1.54) is 0 Å². The Morgan fingerprint density at radius 2 is 1.35 bits per heavy atom. The summed E-state index contributed by atoms with van der Waals surface area (Å²) in [7, 11) is -9.10. The minimum absolute atomic E-state index is 0. The Morgan fingerprint density at radius 1 is 0.903 bits per heavy atom. The summed E-state index contributed by atoms with van der Waals surface area (Å²) < 4.78 is 36.0. The first-order valence-electron chi connectivity index (χ1n) is 9.31. The molecule has 0 spiro atoms. The normalized spacial score (nSPS) is 13.4. The second kappa shape index (κ2) is 14.6. The number of hydrogen-bond donors (Lipinski definition) is 2. The van der Waals surface area contributed by atoms with Crippen molar-refractivity contribution in [3.63, 3.8) is 0 Å². The number of benzene rings is 2. The van der Waals surface area contributed by atoms with Gasteiger partial charge < -0.3 is 21.7 Å². The van der Waals surface area contributed by atoms with E-state index in [0.717, 1.165) is 0 Å². The molecular formula is C20H28Na2O7P2. The van der Waals surface area contributed by atoms with E-state index in [9.17, 15) is 23.7 Å². The van der Waals surface area contributed by atoms with Gasteiger partial charge in [-0.1, -0.05) is 60.7 Å². The maximum absolute atomic E-state index is 13.2. The molecule has 2 aromatic rings. The van der Waals surface area contributed by atoms with Crippen molar-refractivity contribution in [3.05, 3.63) is 71.8 Å². The van der Waals surface area contributed by atoms with Crippen molar-refractivity contribution in [3.8, 4) is 0 Å². The summed E-state index contributed by atoms with van der Waals surface area (Å²) in [5.74, 6) is -1.25. The van der Waals surface area contributed by atoms with E-state index in [4.69, 9.17) is 9.05 Å². The van der Waals surface area contributed by atoms with Gasteiger partial charge in [0.1, 0.15) is 0 Å². The van der Waals surface area contributed by atoms with Crippen LogP contribution in [-0.2, 0) is 18.2 Å². The minimum atomic E-state index is -4.93. The van der Waals surface area contributed by atoms with Gasteiger partial charge in [-0.2, -0.15) is 0 Å². The molecule has 2 aromatic carbocycles. The van der Waals surface area contributed by atoms with Crippen LogP contribution in [0.15, 0.2) is 60.7 Å². The molecule has 0 aromatic heterocycles. The zero-order chi connectivity index (χ0) is 21.5. The van der Waals surface area contributed by atoms with E-state index >= 15 is 0 Å². The Bertz CT molecular complexity index is 892. The predicted molar refractivity (Wildman–Crippen MR) is 113 cm³/mol. The molecular weight excluding hydrogens is 460 g/mol. The van der Waals surface area contributed by atoms with Gasteiger partial charge >= 0.3 is 74.3 Å². The molecule has 2 atom stereocenters. The summed E-state index contributed by atoms with van der Waals surface area (Å²) in [6.45, 7) is 3.03. The number of ketones is 1. The molecule has 0 aliphatic carbocycles. The molecule has 0 aliphatic heterocycles. The van der Waals surface area contributed by atoms with Gasteiger partial charge in [0, 0.05) is 11.5 Å². The average Bonchev–Trinajstić information content (AvgIpc) is 2.69. The number of hydrogen-bond acceptors (Lipinski definition) is 5. The smallest absolute Gasteiger partial charge is 1.00 e. The zero-order valence-corrected chi connectivity index (χ0v) is 24.2. The summed E-state index contributed by atoms with van der Waals surface area (Å²) in [6, 6.07) is 17.1. The Kier molecular flexibility index (Phi) is 14.8. The SMILES string of the molecule is CCOP(=O)(OCC)C(CC(C(=O)c1ccccc1)c1ccccc1)P(=O)(O)O.[H-].[H-].[Na+].[Na+]. The Hall–Kier alpha value is 0.410. The number of carbonyl (C=O) groups is 1. The van der Waals surface area contributed by atoms with Crippen LogP contribution in [0.1, 0.15) is 45.0 Å². The first-order valence-corrected chi connectivity index (χ1v) is 12.6. The van der Waals surface area contributed by atoms with Crippen LogP contribution in [0.4, 0.5) is 0 Å². The number of carbonyl (C=O) groups excluding carboxylic acids is 1. The fourth-order valence-electron chi connectivity index (χ4n) is 3.11. The number of Topliss-reactive ketones (excluding diaryl/α,β-unsaturated/α-hetero) is 1. The van der Waals surface area contributed by atoms with E-state index in [1.54, 1.807) is 74.5 Å². The van der Waals surface area contributed by atoms with Crippen LogP contribution in [0.25, 0.3) is 0 Å². The molecule has 2 rings (SSSR count). The molecule has 7 nitrogen and oxygen atoms in total. The molecule has 0 radical (unpaired) electrons. The fraction of sp³-hybridized carbons (Fsp3) is 0.350. The third-order valence-corrected chi connectivity index (χ3v) is 9.31. The van der Waals surface area contributed by atoms with Gasteiger partial charge in [0.05, 0.1) is 13.2 Å². The fourth-order valence-corrected chi connectivity index (χ4v) is 7.08. The Balaban J connectivity index is -0.00000225. The quantitative estimate of drug-likeness (QED) is 0.238. The molecule has 0 amide bonds. The Morgan fingerprint density at radius 3 is 1.77 bits per heavy atom. The maximum Gasteiger partial charge on any atom is 1.00 e. The van der Waals surface area contributed by atoms with Crippen LogP contribution in [0.2, 0.25) is 0 Å². The van der Waals surface area contributed by atoms with E-state index < -0.39 is 26.5 Å². The molecule has 0 heterocycles. The topological polar surface area (TPSA) is 110 Å². The largest absolute Gasteiger partial charge is 1.00 e. The predicted octanol–water partition coefficient (Wildman–Crippen LogP) is -0.954. The maximum atomic E-state index is 13.2. The van der Waals surface area contributed by atoms with Gasteiger partial charge in [0.15, 0.2) is 11.2 Å². The van der Waals surface area contributed by atoms with Crippen molar-refractivity contribution in [2.75, 3.05) is 13.2 Å². The molecule has 2 unspecified atom stereocenters. The molecule has 0 bridgehead atoms. The second-order valence-electron chi connectivity index (χ2n) is 6.37. The Labute approximate surface area is 230 Å². The summed E-state index contributed by atoms with van der Waals surface area (Å²) in [5.41, 5.74) is 0.966. The van der Waals surface area contributed by atoms with Crippen molar-refractivity contribution in [1.82, 2.24) is 0 Å². The molecule has 31 heavy (non-hydrogen) atoms. The summed E-state index contributed by atoms with van der Waals surface area (Å²) in [4.78, 5) is 33.2. The third-order valence-electron chi connectivity index (χ3n) is 4.39. The molecule has 0 saturated carbocycles. The monoisotopic (exact) mass is 488 g/mol. The van der Waals surface area contributed by atoms with E-state index in [2.05, 4.69) is 0 Å². The molecule has 162 valence electrons. The number of rotatable bonds is 11. The van der Waals surface area contributed by atoms with Gasteiger partial charge in [-0.05, 0) is 25.8 Å². The summed E-state index contributed by atoms with van der Waals surface area (Å²) >= 11 is 0. The van der Waals surface area contributed by atoms with Gasteiger partial charge in [-0.15, -0.1) is 0 Å².